The Hall–Kier alpha value is -6.76. The summed E-state index contributed by atoms with van der Waals surface area (Å²) in [5.74, 6) is 0. The van der Waals surface area contributed by atoms with Gasteiger partial charge in [0.15, 0.2) is 0 Å². The van der Waals surface area contributed by atoms with Crippen LogP contribution in [0.15, 0.2) is 182 Å². The van der Waals surface area contributed by atoms with Gasteiger partial charge in [0.1, 0.15) is 0 Å². The smallest absolute Gasteiger partial charge is 0.0153 e. The van der Waals surface area contributed by atoms with Gasteiger partial charge in [0.2, 0.25) is 0 Å². The average Bonchev–Trinajstić information content (AvgIpc) is 3.26. The van der Waals surface area contributed by atoms with Crippen molar-refractivity contribution in [3.63, 3.8) is 0 Å². The van der Waals surface area contributed by atoms with Crippen LogP contribution in [-0.2, 0) is 10.8 Å². The van der Waals surface area contributed by atoms with Gasteiger partial charge in [-0.05, 0) is 144 Å². The van der Waals surface area contributed by atoms with Gasteiger partial charge < -0.3 is 0 Å². The quantitative estimate of drug-likeness (QED) is 0.122. The molecule has 0 saturated carbocycles. The van der Waals surface area contributed by atoms with Crippen molar-refractivity contribution in [2.24, 2.45) is 0 Å². The number of hydrogen-bond acceptors (Lipinski definition) is 0. The second kappa shape index (κ2) is 11.9. The molecule has 11 aromatic carbocycles. The van der Waals surface area contributed by atoms with Crippen molar-refractivity contribution < 1.29 is 0 Å². The van der Waals surface area contributed by atoms with Crippen molar-refractivity contribution in [3.05, 3.63) is 204 Å². The molecule has 0 heterocycles. The highest BCUT2D eigenvalue weighted by atomic mass is 14.5. The fourth-order valence-corrected chi connectivity index (χ4v) is 11.0. The molecule has 0 radical (unpaired) electrons. The monoisotopic (exact) mass is 738 g/mol. The zero-order valence-electron chi connectivity index (χ0n) is 33.3. The van der Waals surface area contributed by atoms with E-state index in [1.54, 1.807) is 0 Å². The standard InChI is InChI=1S/C58H42/c1-57(2)51-31-47-41-25-11-9-23-39(41)40-24-10-12-26-42(40)48(47)32-52(51)58(3,4)54-34-50-49(33-53(54)57)55(43-29-15-19-35-17-5-7-21-37(35)43)45-27-13-14-28-46(45)56(50)44-30-16-20-36-18-6-8-22-38(36)44/h5-34H,1-4H3. The van der Waals surface area contributed by atoms with E-state index in [1.165, 1.54) is 120 Å². The largest absolute Gasteiger partial charge is 0.0616 e. The maximum absolute atomic E-state index is 2.61. The van der Waals surface area contributed by atoms with Crippen LogP contribution in [0.4, 0.5) is 0 Å². The SMILES string of the molecule is CC1(C)c2cc3c(-c4cccc5ccccc45)c4ccccc4c(-c4cccc5ccccc45)c3cc2C(C)(C)c2cc3c4ccccc4c4ccccc4c3cc21. The Morgan fingerprint density at radius 3 is 0.897 bits per heavy atom. The van der Waals surface area contributed by atoms with E-state index in [1.807, 2.05) is 0 Å². The molecule has 0 aromatic heterocycles. The number of benzene rings is 11. The Labute approximate surface area is 339 Å². The molecule has 274 valence electrons. The van der Waals surface area contributed by atoms with Crippen molar-refractivity contribution >= 4 is 75.4 Å². The minimum atomic E-state index is -0.267. The summed E-state index contributed by atoms with van der Waals surface area (Å²) in [4.78, 5) is 0. The predicted molar refractivity (Wildman–Crippen MR) is 251 cm³/mol. The van der Waals surface area contributed by atoms with Crippen molar-refractivity contribution in [1.29, 1.82) is 0 Å². The molecule has 0 N–H and O–H groups in total. The van der Waals surface area contributed by atoms with Crippen molar-refractivity contribution in [3.8, 4) is 22.3 Å². The van der Waals surface area contributed by atoms with Gasteiger partial charge in [0, 0.05) is 10.8 Å². The Bertz CT molecular complexity index is 3310. The second-order valence-corrected chi connectivity index (χ2v) is 17.6. The van der Waals surface area contributed by atoms with Crippen LogP contribution >= 0.6 is 0 Å². The maximum Gasteiger partial charge on any atom is 0.0153 e. The molecule has 1 aliphatic rings. The van der Waals surface area contributed by atoms with Gasteiger partial charge in [0.25, 0.3) is 0 Å². The topological polar surface area (TPSA) is 0 Å². The lowest BCUT2D eigenvalue weighted by atomic mass is 9.59. The third-order valence-electron chi connectivity index (χ3n) is 13.9. The van der Waals surface area contributed by atoms with Crippen LogP contribution in [0.1, 0.15) is 49.9 Å². The summed E-state index contributed by atoms with van der Waals surface area (Å²) >= 11 is 0. The second-order valence-electron chi connectivity index (χ2n) is 17.6. The Kier molecular flexibility index (Phi) is 6.84. The average molecular weight is 739 g/mol. The third kappa shape index (κ3) is 4.46. The zero-order valence-corrected chi connectivity index (χ0v) is 33.3. The third-order valence-corrected chi connectivity index (χ3v) is 13.9. The van der Waals surface area contributed by atoms with Crippen molar-refractivity contribution in [2.45, 2.75) is 38.5 Å². The van der Waals surface area contributed by atoms with Crippen LogP contribution in [0.5, 0.6) is 0 Å². The summed E-state index contributed by atoms with van der Waals surface area (Å²) in [6, 6.07) is 68.8. The van der Waals surface area contributed by atoms with Gasteiger partial charge in [-0.1, -0.05) is 185 Å². The Balaban J connectivity index is 1.26. The van der Waals surface area contributed by atoms with Crippen LogP contribution in [0.3, 0.4) is 0 Å². The summed E-state index contributed by atoms with van der Waals surface area (Å²) in [6.45, 7) is 9.85. The molecule has 0 atom stereocenters. The molecule has 11 aromatic rings. The highest BCUT2D eigenvalue weighted by molar-refractivity contribution is 6.27. The van der Waals surface area contributed by atoms with Gasteiger partial charge in [0.05, 0.1) is 0 Å². The van der Waals surface area contributed by atoms with E-state index >= 15 is 0 Å². The summed E-state index contributed by atoms with van der Waals surface area (Å²) in [5, 5.41) is 18.2. The highest BCUT2D eigenvalue weighted by Gasteiger charge is 2.43. The van der Waals surface area contributed by atoms with E-state index in [2.05, 4.69) is 210 Å². The Morgan fingerprint density at radius 2 is 0.517 bits per heavy atom. The molecule has 12 rings (SSSR count). The Morgan fingerprint density at radius 1 is 0.241 bits per heavy atom. The number of fused-ring (bicyclic) bond motifs is 12. The van der Waals surface area contributed by atoms with Crippen LogP contribution in [-0.4, -0.2) is 0 Å². The van der Waals surface area contributed by atoms with E-state index in [0.717, 1.165) is 0 Å². The van der Waals surface area contributed by atoms with E-state index in [0.29, 0.717) is 0 Å². The molecule has 0 unspecified atom stereocenters. The summed E-state index contributed by atoms with van der Waals surface area (Å²) in [5.41, 5.74) is 10.3. The van der Waals surface area contributed by atoms with Crippen molar-refractivity contribution in [1.82, 2.24) is 0 Å². The lowest BCUT2D eigenvalue weighted by Crippen LogP contribution is -2.36. The van der Waals surface area contributed by atoms with Crippen LogP contribution in [0.25, 0.3) is 97.7 Å². The maximum atomic E-state index is 2.61. The highest BCUT2D eigenvalue weighted by Crippen LogP contribution is 2.55. The first-order valence-corrected chi connectivity index (χ1v) is 20.7. The molecule has 1 aliphatic carbocycles. The molecule has 58 heavy (non-hydrogen) atoms. The molecule has 0 bridgehead atoms. The van der Waals surface area contributed by atoms with E-state index in [-0.39, 0.29) is 10.8 Å². The predicted octanol–water partition coefficient (Wildman–Crippen LogP) is 16.1. The zero-order chi connectivity index (χ0) is 38.9. The molecule has 0 saturated heterocycles. The number of rotatable bonds is 2. The summed E-state index contributed by atoms with van der Waals surface area (Å²) in [6.07, 6.45) is 0. The normalized spacial score (nSPS) is 14.5. The van der Waals surface area contributed by atoms with Gasteiger partial charge in [-0.15, -0.1) is 0 Å². The molecular weight excluding hydrogens is 697 g/mol. The summed E-state index contributed by atoms with van der Waals surface area (Å²) in [7, 11) is 0. The lowest BCUT2D eigenvalue weighted by Gasteiger charge is -2.44. The minimum absolute atomic E-state index is 0.267. The van der Waals surface area contributed by atoms with Crippen LogP contribution < -0.4 is 0 Å². The van der Waals surface area contributed by atoms with E-state index in [4.69, 9.17) is 0 Å². The summed E-state index contributed by atoms with van der Waals surface area (Å²) < 4.78 is 0. The van der Waals surface area contributed by atoms with Crippen LogP contribution in [0.2, 0.25) is 0 Å². The molecular formula is C58H42. The number of hydrogen-bond donors (Lipinski definition) is 0. The lowest BCUT2D eigenvalue weighted by molar-refractivity contribution is 0.523. The molecule has 0 aliphatic heterocycles. The molecule has 0 nitrogen and oxygen atoms in total. The molecule has 0 heteroatoms. The first-order valence-electron chi connectivity index (χ1n) is 20.7. The fraction of sp³-hybridized carbons (Fsp3) is 0.103. The fourth-order valence-electron chi connectivity index (χ4n) is 11.0. The molecule has 0 amide bonds. The van der Waals surface area contributed by atoms with Gasteiger partial charge >= 0.3 is 0 Å². The van der Waals surface area contributed by atoms with E-state index < -0.39 is 0 Å². The van der Waals surface area contributed by atoms with Gasteiger partial charge in [-0.2, -0.15) is 0 Å². The van der Waals surface area contributed by atoms with Gasteiger partial charge in [-0.3, -0.25) is 0 Å². The van der Waals surface area contributed by atoms with Crippen LogP contribution in [0, 0.1) is 0 Å². The molecule has 0 spiro atoms. The molecule has 0 fully saturated rings. The first kappa shape index (κ1) is 33.4. The van der Waals surface area contributed by atoms with Crippen molar-refractivity contribution in [2.75, 3.05) is 0 Å². The van der Waals surface area contributed by atoms with E-state index in [9.17, 15) is 0 Å². The first-order chi connectivity index (χ1) is 28.3. The van der Waals surface area contributed by atoms with Gasteiger partial charge in [-0.25, -0.2) is 0 Å². The minimum Gasteiger partial charge on any atom is -0.0616 e.